The molecule has 2 nitrogen and oxygen atoms in total. The average molecular weight is 165 g/mol. The molecule has 3 heteroatoms. The van der Waals surface area contributed by atoms with Gasteiger partial charge in [-0.3, -0.25) is 0 Å². The van der Waals surface area contributed by atoms with Gasteiger partial charge in [0.2, 0.25) is 0 Å². The van der Waals surface area contributed by atoms with Gasteiger partial charge in [0, 0.05) is 18.8 Å². The Hall–Kier alpha value is -1.09. The molecule has 1 aromatic carbocycles. The Bertz CT molecular complexity index is 233. The first-order chi connectivity index (χ1) is 5.33. The molecule has 0 amide bonds. The van der Waals surface area contributed by atoms with Crippen LogP contribution in [0.5, 0.6) is 0 Å². The van der Waals surface area contributed by atoms with Crippen molar-refractivity contribution in [2.75, 3.05) is 12.4 Å². The maximum Gasteiger partial charge on any atom is 0.170 e. The second-order valence-electron chi connectivity index (χ2n) is 1.98. The molecule has 2 N–H and O–H groups in total. The molecule has 0 heterocycles. The smallest absolute Gasteiger partial charge is 0.170 e. The van der Waals surface area contributed by atoms with Crippen molar-refractivity contribution in [1.29, 1.82) is 0 Å². The number of nitrogens with one attached hydrogen (secondary N) is 2. The summed E-state index contributed by atoms with van der Waals surface area (Å²) in [6.07, 6.45) is 0. The molecule has 0 bridgehead atoms. The molecule has 0 unspecified atom stereocenters. The number of rotatable bonds is 1. The summed E-state index contributed by atoms with van der Waals surface area (Å²) in [6.45, 7) is 0. The van der Waals surface area contributed by atoms with Crippen molar-refractivity contribution >= 4 is 23.0 Å². The number of thiocarbonyl (C=S) groups is 1. The van der Waals surface area contributed by atoms with Gasteiger partial charge < -0.3 is 10.6 Å². The van der Waals surface area contributed by atoms with Gasteiger partial charge in [-0.25, -0.2) is 0 Å². The molecular formula is C8H9N2S. The number of hydrogen-bond acceptors (Lipinski definition) is 1. The van der Waals surface area contributed by atoms with E-state index in [4.69, 9.17) is 12.2 Å². The fourth-order valence-corrected chi connectivity index (χ4v) is 0.766. The summed E-state index contributed by atoms with van der Waals surface area (Å²) in [5, 5.41) is 6.37. The highest BCUT2D eigenvalue weighted by atomic mass is 32.1. The fraction of sp³-hybridized carbons (Fsp3) is 0.125. The Morgan fingerprint density at radius 2 is 2.36 bits per heavy atom. The summed E-state index contributed by atoms with van der Waals surface area (Å²) >= 11 is 4.90. The van der Waals surface area contributed by atoms with Crippen molar-refractivity contribution in [3.63, 3.8) is 0 Å². The Labute approximate surface area is 71.6 Å². The van der Waals surface area contributed by atoms with E-state index in [0.717, 1.165) is 5.69 Å². The molecule has 0 fully saturated rings. The standard InChI is InChI=1S/C8H9N2S/c1-9-8(11)10-7-5-3-2-4-6-7/h2-5H,1H3,(H2,9,10,11). The highest BCUT2D eigenvalue weighted by molar-refractivity contribution is 7.80. The van der Waals surface area contributed by atoms with Crippen LogP contribution in [0.4, 0.5) is 5.69 Å². The van der Waals surface area contributed by atoms with E-state index in [9.17, 15) is 0 Å². The molecule has 0 atom stereocenters. The van der Waals surface area contributed by atoms with E-state index in [-0.39, 0.29) is 0 Å². The number of para-hydroxylation sites is 1. The Morgan fingerprint density at radius 3 is 2.91 bits per heavy atom. The largest absolute Gasteiger partial charge is 0.366 e. The zero-order valence-electron chi connectivity index (χ0n) is 6.22. The summed E-state index contributed by atoms with van der Waals surface area (Å²) in [5.74, 6) is 0. The highest BCUT2D eigenvalue weighted by Crippen LogP contribution is 2.02. The number of anilines is 1. The van der Waals surface area contributed by atoms with Gasteiger partial charge in [0.25, 0.3) is 0 Å². The van der Waals surface area contributed by atoms with Gasteiger partial charge >= 0.3 is 0 Å². The van der Waals surface area contributed by atoms with Crippen molar-refractivity contribution in [3.8, 4) is 0 Å². The Morgan fingerprint density at radius 1 is 1.55 bits per heavy atom. The third-order valence-corrected chi connectivity index (χ3v) is 1.49. The molecule has 0 saturated heterocycles. The van der Waals surface area contributed by atoms with Gasteiger partial charge in [-0.2, -0.15) is 0 Å². The molecule has 0 aliphatic carbocycles. The van der Waals surface area contributed by atoms with Crippen LogP contribution in [0.15, 0.2) is 24.3 Å². The van der Waals surface area contributed by atoms with Crippen molar-refractivity contribution < 1.29 is 0 Å². The first-order valence-corrected chi connectivity index (χ1v) is 3.69. The zero-order valence-corrected chi connectivity index (χ0v) is 7.03. The van der Waals surface area contributed by atoms with Gasteiger partial charge in [-0.1, -0.05) is 18.2 Å². The Balaban J connectivity index is 2.58. The van der Waals surface area contributed by atoms with Gasteiger partial charge in [-0.05, 0) is 18.3 Å². The fourth-order valence-electron chi connectivity index (χ4n) is 0.656. The summed E-state index contributed by atoms with van der Waals surface area (Å²) in [4.78, 5) is 0. The summed E-state index contributed by atoms with van der Waals surface area (Å²) < 4.78 is 0. The van der Waals surface area contributed by atoms with Gasteiger partial charge in [0.1, 0.15) is 0 Å². The molecule has 0 spiro atoms. The van der Waals surface area contributed by atoms with Crippen LogP contribution in [0.2, 0.25) is 0 Å². The van der Waals surface area contributed by atoms with Crippen LogP contribution in [0.3, 0.4) is 0 Å². The number of benzene rings is 1. The predicted molar refractivity (Wildman–Crippen MR) is 50.6 cm³/mol. The molecule has 1 aromatic rings. The third kappa shape index (κ3) is 2.55. The minimum atomic E-state index is 0.604. The topological polar surface area (TPSA) is 24.1 Å². The van der Waals surface area contributed by atoms with E-state index in [1.165, 1.54) is 0 Å². The zero-order chi connectivity index (χ0) is 8.10. The normalized spacial score (nSPS) is 8.82. The quantitative estimate of drug-likeness (QED) is 0.615. The Kier molecular flexibility index (Phi) is 2.86. The lowest BCUT2D eigenvalue weighted by Crippen LogP contribution is -2.23. The lowest BCUT2D eigenvalue weighted by atomic mass is 10.3. The molecule has 11 heavy (non-hydrogen) atoms. The van der Waals surface area contributed by atoms with Crippen LogP contribution in [0.25, 0.3) is 0 Å². The molecule has 57 valence electrons. The van der Waals surface area contributed by atoms with E-state index in [1.54, 1.807) is 7.05 Å². The van der Waals surface area contributed by atoms with E-state index >= 15 is 0 Å². The monoisotopic (exact) mass is 165 g/mol. The van der Waals surface area contributed by atoms with Gasteiger partial charge in [0.15, 0.2) is 5.11 Å². The van der Waals surface area contributed by atoms with E-state index in [0.29, 0.717) is 5.11 Å². The van der Waals surface area contributed by atoms with Crippen LogP contribution in [-0.2, 0) is 0 Å². The molecule has 1 radical (unpaired) electrons. The maximum absolute atomic E-state index is 4.90. The SMILES string of the molecule is CNC(=S)Nc1[c]cccc1. The van der Waals surface area contributed by atoms with Gasteiger partial charge in [-0.15, -0.1) is 0 Å². The maximum atomic E-state index is 4.90. The second kappa shape index (κ2) is 3.93. The van der Waals surface area contributed by atoms with Crippen LogP contribution >= 0.6 is 12.2 Å². The minimum absolute atomic E-state index is 0.604. The highest BCUT2D eigenvalue weighted by Gasteiger charge is 1.91. The predicted octanol–water partition coefficient (Wildman–Crippen LogP) is 1.40. The first kappa shape index (κ1) is 8.01. The van der Waals surface area contributed by atoms with Crippen molar-refractivity contribution in [2.24, 2.45) is 0 Å². The molecule has 1 rings (SSSR count). The van der Waals surface area contributed by atoms with Crippen LogP contribution < -0.4 is 10.6 Å². The molecule has 0 aliphatic heterocycles. The van der Waals surface area contributed by atoms with Gasteiger partial charge in [0.05, 0.1) is 0 Å². The number of hydrogen-bond donors (Lipinski definition) is 2. The molecule has 0 aliphatic rings. The molecular weight excluding hydrogens is 156 g/mol. The van der Waals surface area contributed by atoms with Crippen molar-refractivity contribution in [1.82, 2.24) is 5.32 Å². The van der Waals surface area contributed by atoms with E-state index in [1.807, 2.05) is 24.3 Å². The van der Waals surface area contributed by atoms with E-state index in [2.05, 4.69) is 16.7 Å². The molecule has 0 aromatic heterocycles. The summed E-state index contributed by atoms with van der Waals surface area (Å²) in [7, 11) is 1.78. The van der Waals surface area contributed by atoms with Crippen LogP contribution in [-0.4, -0.2) is 12.2 Å². The van der Waals surface area contributed by atoms with Crippen LogP contribution in [0.1, 0.15) is 0 Å². The minimum Gasteiger partial charge on any atom is -0.366 e. The average Bonchev–Trinajstić information content (AvgIpc) is 2.06. The summed E-state index contributed by atoms with van der Waals surface area (Å²) in [5.41, 5.74) is 0.881. The van der Waals surface area contributed by atoms with Crippen molar-refractivity contribution in [2.45, 2.75) is 0 Å². The second-order valence-corrected chi connectivity index (χ2v) is 2.39. The third-order valence-electron chi connectivity index (χ3n) is 1.18. The first-order valence-electron chi connectivity index (χ1n) is 3.28. The van der Waals surface area contributed by atoms with Crippen molar-refractivity contribution in [3.05, 3.63) is 30.3 Å². The lowest BCUT2D eigenvalue weighted by molar-refractivity contribution is 1.20. The lowest BCUT2D eigenvalue weighted by Gasteiger charge is -2.04. The van der Waals surface area contributed by atoms with E-state index < -0.39 is 0 Å². The van der Waals surface area contributed by atoms with Crippen LogP contribution in [0, 0.1) is 6.07 Å². The molecule has 0 saturated carbocycles. The summed E-state index contributed by atoms with van der Waals surface area (Å²) in [6, 6.07) is 10.6.